The summed E-state index contributed by atoms with van der Waals surface area (Å²) < 4.78 is 0. The number of carbonyl (C=O) groups is 1. The molecule has 0 aliphatic carbocycles. The van der Waals surface area contributed by atoms with E-state index in [0.29, 0.717) is 16.9 Å². The summed E-state index contributed by atoms with van der Waals surface area (Å²) in [4.78, 5) is 20.0. The number of hydrogen-bond acceptors (Lipinski definition) is 4. The zero-order valence-electron chi connectivity index (χ0n) is 9.50. The largest absolute Gasteiger partial charge is 0.375 e. The Morgan fingerprint density at radius 3 is 2.89 bits per heavy atom. The van der Waals surface area contributed by atoms with Crippen LogP contribution < -0.4 is 5.32 Å². The second kappa shape index (κ2) is 3.89. The van der Waals surface area contributed by atoms with Crippen molar-refractivity contribution in [2.24, 2.45) is 0 Å². The van der Waals surface area contributed by atoms with Crippen LogP contribution in [0.15, 0.2) is 42.9 Å². The summed E-state index contributed by atoms with van der Waals surface area (Å²) in [6.07, 6.45) is 4.75. The lowest BCUT2D eigenvalue weighted by Crippen LogP contribution is -2.36. The van der Waals surface area contributed by atoms with Crippen molar-refractivity contribution in [3.63, 3.8) is 0 Å². The van der Waals surface area contributed by atoms with Crippen LogP contribution in [0.4, 0.5) is 5.69 Å². The van der Waals surface area contributed by atoms with Gasteiger partial charge in [-0.2, -0.15) is 0 Å². The quantitative estimate of drug-likeness (QED) is 0.817. The molecule has 90 valence electrons. The first-order chi connectivity index (χ1) is 8.70. The minimum absolute atomic E-state index is 0.115. The van der Waals surface area contributed by atoms with E-state index in [1.165, 1.54) is 6.20 Å². The van der Waals surface area contributed by atoms with Crippen LogP contribution in [0.5, 0.6) is 0 Å². The molecule has 1 aromatic carbocycles. The summed E-state index contributed by atoms with van der Waals surface area (Å²) >= 11 is 0. The highest BCUT2D eigenvalue weighted by Gasteiger charge is 2.45. The van der Waals surface area contributed by atoms with Gasteiger partial charge in [-0.15, -0.1) is 0 Å². The van der Waals surface area contributed by atoms with Crippen molar-refractivity contribution in [2.45, 2.75) is 12.0 Å². The summed E-state index contributed by atoms with van der Waals surface area (Å²) in [5.74, 6) is -0.422. The topological polar surface area (TPSA) is 75.1 Å². The fourth-order valence-electron chi connectivity index (χ4n) is 2.16. The molecule has 18 heavy (non-hydrogen) atoms. The summed E-state index contributed by atoms with van der Waals surface area (Å²) in [5, 5.41) is 13.3. The maximum absolute atomic E-state index is 11.9. The number of hydrogen-bond donors (Lipinski definition) is 2. The van der Waals surface area contributed by atoms with Gasteiger partial charge in [0, 0.05) is 36.3 Å². The molecule has 1 aliphatic heterocycles. The Bertz CT molecular complexity index is 600. The molecule has 1 amide bonds. The molecule has 0 saturated heterocycles. The van der Waals surface area contributed by atoms with Crippen LogP contribution in [0.3, 0.4) is 0 Å². The Balaban J connectivity index is 2.02. The normalized spacial score (nSPS) is 21.5. The second-order valence-corrected chi connectivity index (χ2v) is 4.23. The van der Waals surface area contributed by atoms with E-state index in [1.54, 1.807) is 30.6 Å². The molecule has 5 heteroatoms. The van der Waals surface area contributed by atoms with Gasteiger partial charge >= 0.3 is 0 Å². The van der Waals surface area contributed by atoms with E-state index in [4.69, 9.17) is 0 Å². The van der Waals surface area contributed by atoms with Crippen LogP contribution in [0.25, 0.3) is 0 Å². The fraction of sp³-hybridized carbons (Fsp3) is 0.154. The predicted octanol–water partition coefficient (Wildman–Crippen LogP) is 0.859. The molecule has 0 saturated carbocycles. The molecular weight excluding hydrogens is 230 g/mol. The number of carbonyl (C=O) groups excluding carboxylic acids is 1. The highest BCUT2D eigenvalue weighted by molar-refractivity contribution is 6.05. The van der Waals surface area contributed by atoms with Crippen LogP contribution in [0.1, 0.15) is 11.3 Å². The summed E-state index contributed by atoms with van der Waals surface area (Å²) in [5.41, 5.74) is 0.244. The van der Waals surface area contributed by atoms with Crippen LogP contribution in [0, 0.1) is 0 Å². The van der Waals surface area contributed by atoms with Gasteiger partial charge in [-0.3, -0.25) is 14.8 Å². The molecular formula is C13H11N3O2. The van der Waals surface area contributed by atoms with E-state index >= 15 is 0 Å². The number of fused-ring (bicyclic) bond motifs is 1. The van der Waals surface area contributed by atoms with Gasteiger partial charge in [0.15, 0.2) is 5.60 Å². The molecule has 3 rings (SSSR count). The minimum atomic E-state index is -1.56. The summed E-state index contributed by atoms with van der Waals surface area (Å²) in [6, 6.07) is 7.11. The van der Waals surface area contributed by atoms with Crippen molar-refractivity contribution >= 4 is 11.6 Å². The van der Waals surface area contributed by atoms with Crippen LogP contribution in [-0.2, 0) is 16.8 Å². The van der Waals surface area contributed by atoms with Crippen molar-refractivity contribution in [2.75, 3.05) is 5.32 Å². The fourth-order valence-corrected chi connectivity index (χ4v) is 2.16. The lowest BCUT2D eigenvalue weighted by Gasteiger charge is -2.19. The minimum Gasteiger partial charge on any atom is -0.375 e. The van der Waals surface area contributed by atoms with Crippen LogP contribution in [-0.4, -0.2) is 21.0 Å². The van der Waals surface area contributed by atoms with E-state index in [9.17, 15) is 9.90 Å². The molecule has 0 spiro atoms. The molecule has 1 aliphatic rings. The third-order valence-corrected chi connectivity index (χ3v) is 3.05. The SMILES string of the molecule is O=C1Nc2ccccc2[C@]1(O)Cc1cnccn1. The first kappa shape index (κ1) is 10.9. The maximum Gasteiger partial charge on any atom is 0.261 e. The van der Waals surface area contributed by atoms with E-state index in [0.717, 1.165) is 0 Å². The van der Waals surface area contributed by atoms with Crippen molar-refractivity contribution in [1.29, 1.82) is 0 Å². The Hall–Kier alpha value is -2.27. The van der Waals surface area contributed by atoms with Gasteiger partial charge in [0.05, 0.1) is 5.69 Å². The van der Waals surface area contributed by atoms with E-state index in [2.05, 4.69) is 15.3 Å². The predicted molar refractivity (Wildman–Crippen MR) is 64.7 cm³/mol. The number of rotatable bonds is 2. The Kier molecular flexibility index (Phi) is 2.34. The van der Waals surface area contributed by atoms with Gasteiger partial charge in [-0.1, -0.05) is 18.2 Å². The number of aliphatic hydroxyl groups is 1. The lowest BCUT2D eigenvalue weighted by molar-refractivity contribution is -0.133. The van der Waals surface area contributed by atoms with Crippen molar-refractivity contribution in [3.05, 3.63) is 54.1 Å². The maximum atomic E-state index is 11.9. The van der Waals surface area contributed by atoms with Gasteiger partial charge in [-0.25, -0.2) is 0 Å². The smallest absolute Gasteiger partial charge is 0.261 e. The molecule has 1 atom stereocenters. The third-order valence-electron chi connectivity index (χ3n) is 3.05. The summed E-state index contributed by atoms with van der Waals surface area (Å²) in [6.45, 7) is 0. The number of benzene rings is 1. The highest BCUT2D eigenvalue weighted by Crippen LogP contribution is 2.37. The first-order valence-corrected chi connectivity index (χ1v) is 5.58. The van der Waals surface area contributed by atoms with E-state index < -0.39 is 11.5 Å². The molecule has 2 aromatic rings. The second-order valence-electron chi connectivity index (χ2n) is 4.23. The zero-order chi connectivity index (χ0) is 12.6. The van der Waals surface area contributed by atoms with Gasteiger partial charge in [0.2, 0.25) is 0 Å². The number of nitrogens with zero attached hydrogens (tertiary/aromatic N) is 2. The molecule has 0 radical (unpaired) electrons. The van der Waals surface area contributed by atoms with Gasteiger partial charge < -0.3 is 10.4 Å². The van der Waals surface area contributed by atoms with Gasteiger partial charge in [-0.05, 0) is 6.07 Å². The summed E-state index contributed by atoms with van der Waals surface area (Å²) in [7, 11) is 0. The number of para-hydroxylation sites is 1. The van der Waals surface area contributed by atoms with Gasteiger partial charge in [0.1, 0.15) is 0 Å². The van der Waals surface area contributed by atoms with Gasteiger partial charge in [0.25, 0.3) is 5.91 Å². The average Bonchev–Trinajstić information content (AvgIpc) is 2.63. The molecule has 0 bridgehead atoms. The standard InChI is InChI=1S/C13H11N3O2/c17-12-13(18,7-9-8-14-5-6-15-9)10-3-1-2-4-11(10)16-12/h1-6,8,18H,7H2,(H,16,17)/t13-/m1/s1. The molecule has 0 unspecified atom stereocenters. The number of anilines is 1. The molecule has 1 aromatic heterocycles. The highest BCUT2D eigenvalue weighted by atomic mass is 16.3. The van der Waals surface area contributed by atoms with E-state index in [-0.39, 0.29) is 6.42 Å². The molecule has 2 N–H and O–H groups in total. The van der Waals surface area contributed by atoms with Crippen LogP contribution >= 0.6 is 0 Å². The number of aromatic nitrogens is 2. The molecule has 0 fully saturated rings. The number of amides is 1. The first-order valence-electron chi connectivity index (χ1n) is 5.58. The molecule has 2 heterocycles. The molecule has 5 nitrogen and oxygen atoms in total. The monoisotopic (exact) mass is 241 g/mol. The lowest BCUT2D eigenvalue weighted by atomic mass is 9.90. The van der Waals surface area contributed by atoms with Crippen molar-refractivity contribution < 1.29 is 9.90 Å². The van der Waals surface area contributed by atoms with E-state index in [1.807, 2.05) is 6.07 Å². The zero-order valence-corrected chi connectivity index (χ0v) is 9.50. The van der Waals surface area contributed by atoms with Crippen molar-refractivity contribution in [3.8, 4) is 0 Å². The number of nitrogens with one attached hydrogen (secondary N) is 1. The Labute approximate surface area is 104 Å². The van der Waals surface area contributed by atoms with Crippen molar-refractivity contribution in [1.82, 2.24) is 9.97 Å². The Morgan fingerprint density at radius 1 is 1.28 bits per heavy atom. The Morgan fingerprint density at radius 2 is 2.11 bits per heavy atom. The average molecular weight is 241 g/mol. The third kappa shape index (κ3) is 1.56. The van der Waals surface area contributed by atoms with Crippen LogP contribution in [0.2, 0.25) is 0 Å².